The Hall–Kier alpha value is -3.79. The normalized spacial score (nSPS) is 14.0. The number of esters is 1. The van der Waals surface area contributed by atoms with Gasteiger partial charge in [-0.15, -0.1) is 0 Å². The van der Waals surface area contributed by atoms with Crippen molar-refractivity contribution in [2.45, 2.75) is 32.6 Å². The predicted molar refractivity (Wildman–Crippen MR) is 127 cm³/mol. The lowest BCUT2D eigenvalue weighted by Gasteiger charge is -2.19. The number of non-ortho nitro benzene ring substituents is 1. The lowest BCUT2D eigenvalue weighted by atomic mass is 10.1. The van der Waals surface area contributed by atoms with Gasteiger partial charge in [-0.25, -0.2) is 4.79 Å². The third-order valence-electron chi connectivity index (χ3n) is 5.45. The Labute approximate surface area is 197 Å². The van der Waals surface area contributed by atoms with Crippen LogP contribution in [-0.2, 0) is 9.53 Å². The van der Waals surface area contributed by atoms with Crippen LogP contribution >= 0.6 is 0 Å². The molecule has 0 aromatic heterocycles. The molecule has 1 aliphatic rings. The van der Waals surface area contributed by atoms with Gasteiger partial charge in [0.05, 0.1) is 34.9 Å². The number of nitro groups is 1. The molecule has 3 rings (SSSR count). The highest BCUT2D eigenvalue weighted by atomic mass is 16.6. The van der Waals surface area contributed by atoms with Gasteiger partial charge in [-0.05, 0) is 63.2 Å². The Morgan fingerprint density at radius 2 is 1.68 bits per heavy atom. The number of ether oxygens (including phenoxy) is 1. The molecule has 0 radical (unpaired) electrons. The topological polar surface area (TPSA) is 131 Å². The number of benzene rings is 2. The van der Waals surface area contributed by atoms with Crippen LogP contribution in [0.2, 0.25) is 0 Å². The molecule has 10 nitrogen and oxygen atoms in total. The highest BCUT2D eigenvalue weighted by Crippen LogP contribution is 2.24. The van der Waals surface area contributed by atoms with Gasteiger partial charge >= 0.3 is 5.97 Å². The molecule has 0 atom stereocenters. The zero-order chi connectivity index (χ0) is 24.5. The SMILES string of the molecule is CCOC(=O)c1ccc(NC(=O)c2cc([N+](=O)[O-])ccc2NC(=O)CN2CCCCCC2)cc1. The molecular weight excluding hydrogens is 440 g/mol. The Morgan fingerprint density at radius 1 is 1.00 bits per heavy atom. The molecule has 1 heterocycles. The first-order valence-electron chi connectivity index (χ1n) is 11.3. The van der Waals surface area contributed by atoms with E-state index in [1.807, 2.05) is 0 Å². The van der Waals surface area contributed by atoms with Crippen molar-refractivity contribution in [3.05, 3.63) is 63.7 Å². The quantitative estimate of drug-likeness (QED) is 0.342. The van der Waals surface area contributed by atoms with Crippen molar-refractivity contribution < 1.29 is 24.0 Å². The summed E-state index contributed by atoms with van der Waals surface area (Å²) in [6, 6.07) is 9.79. The number of carbonyl (C=O) groups excluding carboxylic acids is 3. The summed E-state index contributed by atoms with van der Waals surface area (Å²) < 4.78 is 4.93. The van der Waals surface area contributed by atoms with E-state index in [0.717, 1.165) is 44.8 Å². The summed E-state index contributed by atoms with van der Waals surface area (Å²) in [6.07, 6.45) is 4.36. The van der Waals surface area contributed by atoms with Gasteiger partial charge in [-0.2, -0.15) is 0 Å². The third kappa shape index (κ3) is 6.85. The second-order valence-electron chi connectivity index (χ2n) is 7.98. The van der Waals surface area contributed by atoms with Crippen molar-refractivity contribution in [2.24, 2.45) is 0 Å². The number of amides is 2. The Kier molecular flexibility index (Phi) is 8.69. The molecular formula is C24H28N4O6. The second kappa shape index (κ2) is 11.9. The largest absolute Gasteiger partial charge is 0.462 e. The highest BCUT2D eigenvalue weighted by Gasteiger charge is 2.20. The van der Waals surface area contributed by atoms with Crippen LogP contribution in [0.15, 0.2) is 42.5 Å². The van der Waals surface area contributed by atoms with Gasteiger partial charge in [-0.1, -0.05) is 12.8 Å². The van der Waals surface area contributed by atoms with E-state index >= 15 is 0 Å². The van der Waals surface area contributed by atoms with Crippen molar-refractivity contribution >= 4 is 34.8 Å². The monoisotopic (exact) mass is 468 g/mol. The molecule has 2 amide bonds. The van der Waals surface area contributed by atoms with E-state index in [9.17, 15) is 24.5 Å². The van der Waals surface area contributed by atoms with E-state index in [0.29, 0.717) is 11.3 Å². The summed E-state index contributed by atoms with van der Waals surface area (Å²) in [5.41, 5.74) is 0.593. The summed E-state index contributed by atoms with van der Waals surface area (Å²) >= 11 is 0. The first-order chi connectivity index (χ1) is 16.4. The van der Waals surface area contributed by atoms with E-state index in [1.165, 1.54) is 36.4 Å². The predicted octanol–water partition coefficient (Wildman–Crippen LogP) is 3.84. The minimum atomic E-state index is -0.627. The van der Waals surface area contributed by atoms with Gasteiger partial charge in [0.15, 0.2) is 0 Å². The summed E-state index contributed by atoms with van der Waals surface area (Å²) in [6.45, 7) is 3.81. The van der Waals surface area contributed by atoms with Crippen LogP contribution in [0.1, 0.15) is 53.3 Å². The second-order valence-corrected chi connectivity index (χ2v) is 7.98. The molecule has 10 heteroatoms. The van der Waals surface area contributed by atoms with Crippen LogP contribution in [0, 0.1) is 10.1 Å². The number of nitrogens with one attached hydrogen (secondary N) is 2. The minimum Gasteiger partial charge on any atom is -0.462 e. The van der Waals surface area contributed by atoms with Gasteiger partial charge in [0.25, 0.3) is 11.6 Å². The summed E-state index contributed by atoms with van der Waals surface area (Å²) in [5.74, 6) is -1.39. The average Bonchev–Trinajstić information content (AvgIpc) is 3.08. The number of hydrogen-bond acceptors (Lipinski definition) is 7. The van der Waals surface area contributed by atoms with Gasteiger partial charge in [0.2, 0.25) is 5.91 Å². The standard InChI is InChI=1S/C24H28N4O6/c1-2-34-24(31)17-7-9-18(10-8-17)25-23(30)20-15-19(28(32)33)11-12-21(20)26-22(29)16-27-13-5-3-4-6-14-27/h7-12,15H,2-6,13-14,16H2,1H3,(H,25,30)(H,26,29). The van der Waals surface area contributed by atoms with Crippen molar-refractivity contribution in [1.29, 1.82) is 0 Å². The molecule has 0 unspecified atom stereocenters. The lowest BCUT2D eigenvalue weighted by molar-refractivity contribution is -0.384. The van der Waals surface area contributed by atoms with E-state index in [-0.39, 0.29) is 36.0 Å². The molecule has 2 aromatic carbocycles. The number of nitrogens with zero attached hydrogens (tertiary/aromatic N) is 2. The number of carbonyl (C=O) groups is 3. The minimum absolute atomic E-state index is 0.0344. The maximum Gasteiger partial charge on any atom is 0.338 e. The van der Waals surface area contributed by atoms with E-state index in [2.05, 4.69) is 15.5 Å². The Balaban J connectivity index is 1.75. The van der Waals surface area contributed by atoms with Gasteiger partial charge in [0.1, 0.15) is 0 Å². The molecule has 2 aromatic rings. The van der Waals surface area contributed by atoms with Crippen molar-refractivity contribution in [2.75, 3.05) is 36.9 Å². The molecule has 2 N–H and O–H groups in total. The molecule has 1 fully saturated rings. The van der Waals surface area contributed by atoms with Gasteiger partial charge in [0, 0.05) is 17.8 Å². The maximum atomic E-state index is 13.0. The molecule has 34 heavy (non-hydrogen) atoms. The first-order valence-corrected chi connectivity index (χ1v) is 11.3. The fraction of sp³-hybridized carbons (Fsp3) is 0.375. The van der Waals surface area contributed by atoms with E-state index < -0.39 is 16.8 Å². The zero-order valence-electron chi connectivity index (χ0n) is 19.0. The molecule has 1 saturated heterocycles. The number of nitro benzene ring substituents is 1. The highest BCUT2D eigenvalue weighted by molar-refractivity contribution is 6.10. The summed E-state index contributed by atoms with van der Waals surface area (Å²) in [4.78, 5) is 50.1. The first kappa shape index (κ1) is 24.8. The number of rotatable bonds is 8. The number of anilines is 2. The molecule has 0 aliphatic carbocycles. The number of likely N-dealkylation sites (tertiary alicyclic amines) is 1. The molecule has 1 aliphatic heterocycles. The fourth-order valence-electron chi connectivity index (χ4n) is 3.73. The Bertz CT molecular complexity index is 1050. The lowest BCUT2D eigenvalue weighted by Crippen LogP contribution is -2.34. The molecule has 0 bridgehead atoms. The maximum absolute atomic E-state index is 13.0. The Morgan fingerprint density at radius 3 is 2.29 bits per heavy atom. The average molecular weight is 469 g/mol. The van der Waals surface area contributed by atoms with Crippen LogP contribution in [-0.4, -0.2) is 53.8 Å². The zero-order valence-corrected chi connectivity index (χ0v) is 19.0. The summed E-state index contributed by atoms with van der Waals surface area (Å²) in [7, 11) is 0. The molecule has 0 spiro atoms. The van der Waals surface area contributed by atoms with Crippen LogP contribution in [0.25, 0.3) is 0 Å². The van der Waals surface area contributed by atoms with Gasteiger partial charge in [-0.3, -0.25) is 24.6 Å². The van der Waals surface area contributed by atoms with Gasteiger partial charge < -0.3 is 15.4 Å². The van der Waals surface area contributed by atoms with Crippen LogP contribution in [0.4, 0.5) is 17.1 Å². The van der Waals surface area contributed by atoms with Crippen LogP contribution in [0.3, 0.4) is 0 Å². The molecule has 0 saturated carbocycles. The van der Waals surface area contributed by atoms with Crippen molar-refractivity contribution in [3.8, 4) is 0 Å². The van der Waals surface area contributed by atoms with Crippen molar-refractivity contribution in [1.82, 2.24) is 4.90 Å². The summed E-state index contributed by atoms with van der Waals surface area (Å²) in [5, 5.41) is 16.6. The van der Waals surface area contributed by atoms with E-state index in [4.69, 9.17) is 4.74 Å². The number of hydrogen-bond donors (Lipinski definition) is 2. The fourth-order valence-corrected chi connectivity index (χ4v) is 3.73. The smallest absolute Gasteiger partial charge is 0.338 e. The third-order valence-corrected chi connectivity index (χ3v) is 5.45. The molecule has 180 valence electrons. The van der Waals surface area contributed by atoms with Crippen LogP contribution in [0.5, 0.6) is 0 Å². The van der Waals surface area contributed by atoms with Crippen molar-refractivity contribution in [3.63, 3.8) is 0 Å². The van der Waals surface area contributed by atoms with E-state index in [1.54, 1.807) is 6.92 Å². The van der Waals surface area contributed by atoms with Crippen LogP contribution < -0.4 is 10.6 Å².